The van der Waals surface area contributed by atoms with Gasteiger partial charge in [-0.15, -0.1) is 0 Å². The van der Waals surface area contributed by atoms with E-state index in [1.165, 1.54) is 38.2 Å². The van der Waals surface area contributed by atoms with Crippen molar-refractivity contribution in [2.45, 2.75) is 0 Å². The van der Waals surface area contributed by atoms with Gasteiger partial charge in [0.05, 0.1) is 0 Å². The molecule has 10 rings (SSSR count). The van der Waals surface area contributed by atoms with Crippen molar-refractivity contribution in [2.24, 2.45) is 0 Å². The molecule has 3 heteroatoms. The van der Waals surface area contributed by atoms with Gasteiger partial charge in [-0.05, 0) is 90.0 Å². The quantitative estimate of drug-likeness (QED) is 0.175. The Labute approximate surface area is 313 Å². The molecular formula is C51H33N3. The van der Waals surface area contributed by atoms with E-state index in [0.29, 0.717) is 17.5 Å². The van der Waals surface area contributed by atoms with Crippen molar-refractivity contribution in [3.8, 4) is 67.5 Å². The van der Waals surface area contributed by atoms with Crippen molar-refractivity contribution >= 4 is 32.3 Å². The normalized spacial score (nSPS) is 11.3. The number of aromatic nitrogens is 3. The van der Waals surface area contributed by atoms with Gasteiger partial charge in [0.25, 0.3) is 0 Å². The van der Waals surface area contributed by atoms with Gasteiger partial charge in [-0.3, -0.25) is 0 Å². The fourth-order valence-corrected chi connectivity index (χ4v) is 7.51. The maximum atomic E-state index is 5.24. The van der Waals surface area contributed by atoms with Crippen LogP contribution in [-0.2, 0) is 0 Å². The minimum Gasteiger partial charge on any atom is -0.208 e. The lowest BCUT2D eigenvalue weighted by atomic mass is 9.95. The first-order valence-electron chi connectivity index (χ1n) is 18.3. The molecule has 0 saturated heterocycles. The molecule has 0 aliphatic carbocycles. The average molecular weight is 688 g/mol. The molecule has 0 spiro atoms. The average Bonchev–Trinajstić information content (AvgIpc) is 3.26. The van der Waals surface area contributed by atoms with E-state index >= 15 is 0 Å². The van der Waals surface area contributed by atoms with Crippen molar-refractivity contribution in [1.82, 2.24) is 15.0 Å². The van der Waals surface area contributed by atoms with Gasteiger partial charge in [0.2, 0.25) is 0 Å². The third-order valence-corrected chi connectivity index (χ3v) is 10.3. The molecular weight excluding hydrogens is 655 g/mol. The molecule has 0 fully saturated rings. The van der Waals surface area contributed by atoms with E-state index < -0.39 is 0 Å². The molecule has 54 heavy (non-hydrogen) atoms. The number of hydrogen-bond donors (Lipinski definition) is 0. The van der Waals surface area contributed by atoms with Crippen LogP contribution < -0.4 is 0 Å². The van der Waals surface area contributed by atoms with E-state index in [4.69, 9.17) is 15.0 Å². The maximum absolute atomic E-state index is 5.24. The van der Waals surface area contributed by atoms with Crippen LogP contribution in [0, 0.1) is 0 Å². The van der Waals surface area contributed by atoms with E-state index in [9.17, 15) is 0 Å². The van der Waals surface area contributed by atoms with E-state index in [1.54, 1.807) is 0 Å². The smallest absolute Gasteiger partial charge is 0.164 e. The molecule has 10 aromatic rings. The van der Waals surface area contributed by atoms with Crippen LogP contribution in [0.15, 0.2) is 200 Å². The van der Waals surface area contributed by atoms with Gasteiger partial charge < -0.3 is 0 Å². The first kappa shape index (κ1) is 31.5. The van der Waals surface area contributed by atoms with Crippen LogP contribution in [0.4, 0.5) is 0 Å². The molecule has 9 aromatic carbocycles. The summed E-state index contributed by atoms with van der Waals surface area (Å²) in [7, 11) is 0. The molecule has 0 aliphatic heterocycles. The summed E-state index contributed by atoms with van der Waals surface area (Å²) in [5, 5.41) is 7.06. The Kier molecular flexibility index (Phi) is 7.81. The second-order valence-corrected chi connectivity index (χ2v) is 13.7. The Hall–Kier alpha value is -7.23. The highest BCUT2D eigenvalue weighted by atomic mass is 15.0. The van der Waals surface area contributed by atoms with Crippen molar-refractivity contribution < 1.29 is 0 Å². The van der Waals surface area contributed by atoms with E-state index in [2.05, 4.69) is 188 Å². The van der Waals surface area contributed by atoms with Crippen molar-refractivity contribution in [1.29, 1.82) is 0 Å². The van der Waals surface area contributed by atoms with Gasteiger partial charge in [-0.25, -0.2) is 15.0 Å². The monoisotopic (exact) mass is 687 g/mol. The highest BCUT2D eigenvalue weighted by Crippen LogP contribution is 2.37. The van der Waals surface area contributed by atoms with E-state index in [0.717, 1.165) is 44.2 Å². The fraction of sp³-hybridized carbons (Fsp3) is 0. The van der Waals surface area contributed by atoms with Crippen molar-refractivity contribution in [3.63, 3.8) is 0 Å². The molecule has 0 N–H and O–H groups in total. The summed E-state index contributed by atoms with van der Waals surface area (Å²) in [4.78, 5) is 15.6. The minimum absolute atomic E-state index is 0.631. The van der Waals surface area contributed by atoms with Gasteiger partial charge in [0.1, 0.15) is 0 Å². The third-order valence-electron chi connectivity index (χ3n) is 10.3. The number of fused-ring (bicyclic) bond motifs is 3. The predicted octanol–water partition coefficient (Wildman–Crippen LogP) is 13.3. The zero-order valence-electron chi connectivity index (χ0n) is 29.4. The van der Waals surface area contributed by atoms with Crippen LogP contribution >= 0.6 is 0 Å². The predicted molar refractivity (Wildman–Crippen MR) is 225 cm³/mol. The largest absolute Gasteiger partial charge is 0.208 e. The van der Waals surface area contributed by atoms with Gasteiger partial charge >= 0.3 is 0 Å². The topological polar surface area (TPSA) is 38.7 Å². The molecule has 0 unspecified atom stereocenters. The lowest BCUT2D eigenvalue weighted by molar-refractivity contribution is 1.08. The summed E-state index contributed by atoms with van der Waals surface area (Å²) >= 11 is 0. The lowest BCUT2D eigenvalue weighted by Gasteiger charge is -2.14. The molecule has 1 heterocycles. The molecule has 0 amide bonds. The highest BCUT2D eigenvalue weighted by molar-refractivity contribution is 5.98. The summed E-state index contributed by atoms with van der Waals surface area (Å²) in [6.07, 6.45) is 0. The molecule has 0 saturated carbocycles. The maximum Gasteiger partial charge on any atom is 0.164 e. The Morgan fingerprint density at radius 2 is 0.685 bits per heavy atom. The van der Waals surface area contributed by atoms with Crippen molar-refractivity contribution in [2.75, 3.05) is 0 Å². The van der Waals surface area contributed by atoms with Gasteiger partial charge in [-0.1, -0.05) is 176 Å². The van der Waals surface area contributed by atoms with Crippen LogP contribution in [0.25, 0.3) is 99.9 Å². The number of hydrogen-bond acceptors (Lipinski definition) is 3. The summed E-state index contributed by atoms with van der Waals surface area (Å²) < 4.78 is 0. The fourth-order valence-electron chi connectivity index (χ4n) is 7.51. The molecule has 0 radical (unpaired) electrons. The minimum atomic E-state index is 0.631. The standard InChI is InChI=1S/C51H33N3/c1-3-12-34(13-4-1)41-26-27-43-31-44(29-28-42(43)30-41)50-52-49(38-24-22-37(23-25-38)46-21-11-19-35-16-9-10-20-45(35)46)53-51(54-50)48-33-40-18-8-7-17-39(40)32-47(48)36-14-5-2-6-15-36/h1-33H. The number of benzene rings is 9. The Balaban J connectivity index is 1.14. The lowest BCUT2D eigenvalue weighted by Crippen LogP contribution is -2.01. The van der Waals surface area contributed by atoms with Gasteiger partial charge in [0.15, 0.2) is 17.5 Å². The molecule has 1 aromatic heterocycles. The van der Waals surface area contributed by atoms with Crippen LogP contribution in [0.5, 0.6) is 0 Å². The summed E-state index contributed by atoms with van der Waals surface area (Å²) in [6.45, 7) is 0. The zero-order valence-corrected chi connectivity index (χ0v) is 29.4. The summed E-state index contributed by atoms with van der Waals surface area (Å²) in [5.74, 6) is 1.90. The number of nitrogens with zero attached hydrogens (tertiary/aromatic N) is 3. The molecule has 0 bridgehead atoms. The van der Waals surface area contributed by atoms with Crippen LogP contribution in [0.1, 0.15) is 0 Å². The molecule has 0 atom stereocenters. The van der Waals surface area contributed by atoms with Crippen LogP contribution in [0.2, 0.25) is 0 Å². The highest BCUT2D eigenvalue weighted by Gasteiger charge is 2.18. The third kappa shape index (κ3) is 5.88. The first-order chi connectivity index (χ1) is 26.7. The summed E-state index contributed by atoms with van der Waals surface area (Å²) in [5.41, 5.74) is 9.77. The molecule has 0 aliphatic rings. The van der Waals surface area contributed by atoms with Gasteiger partial charge in [-0.2, -0.15) is 0 Å². The van der Waals surface area contributed by atoms with Crippen LogP contribution in [0.3, 0.4) is 0 Å². The molecule has 252 valence electrons. The number of rotatable bonds is 6. The zero-order chi connectivity index (χ0) is 35.8. The van der Waals surface area contributed by atoms with Crippen molar-refractivity contribution in [3.05, 3.63) is 200 Å². The van der Waals surface area contributed by atoms with E-state index in [1.807, 2.05) is 12.1 Å². The Morgan fingerprint density at radius 3 is 1.41 bits per heavy atom. The second-order valence-electron chi connectivity index (χ2n) is 13.7. The van der Waals surface area contributed by atoms with E-state index in [-0.39, 0.29) is 0 Å². The summed E-state index contributed by atoms with van der Waals surface area (Å²) in [6, 6.07) is 70.6. The SMILES string of the molecule is c1ccc(-c2ccc3cc(-c4nc(-c5ccc(-c6cccc7ccccc67)cc5)nc(-c5cc6ccccc6cc5-c5ccccc5)n4)ccc3c2)cc1. The Bertz CT molecular complexity index is 2970. The second kappa shape index (κ2) is 13.4. The van der Waals surface area contributed by atoms with Crippen LogP contribution in [-0.4, -0.2) is 15.0 Å². The van der Waals surface area contributed by atoms with Gasteiger partial charge in [0, 0.05) is 16.7 Å². The Morgan fingerprint density at radius 1 is 0.222 bits per heavy atom. The molecule has 3 nitrogen and oxygen atoms in total. The first-order valence-corrected chi connectivity index (χ1v) is 18.3.